The minimum atomic E-state index is -1.17. The zero-order valence-electron chi connectivity index (χ0n) is 13.5. The van der Waals surface area contributed by atoms with Crippen molar-refractivity contribution in [3.05, 3.63) is 40.6 Å². The average Bonchev–Trinajstić information content (AvgIpc) is 2.59. The number of carbonyl (C=O) groups excluding carboxylic acids is 2. The highest BCUT2D eigenvalue weighted by molar-refractivity contribution is 6.05. The van der Waals surface area contributed by atoms with Crippen molar-refractivity contribution < 1.29 is 33.7 Å². The fraction of sp³-hybridized carbons (Fsp3) is 0.312. The van der Waals surface area contributed by atoms with Crippen LogP contribution in [0.5, 0.6) is 0 Å². The Bertz CT molecular complexity index is 723. The Labute approximate surface area is 138 Å². The van der Waals surface area contributed by atoms with Crippen LogP contribution in [-0.2, 0) is 23.8 Å². The molecule has 1 heterocycles. The molecule has 0 radical (unpaired) electrons. The van der Waals surface area contributed by atoms with Crippen LogP contribution in [0.1, 0.15) is 15.9 Å². The normalized spacial score (nSPS) is 14.4. The zero-order chi connectivity index (χ0) is 17.9. The SMILES string of the molecule is COC(=O)C1=C(C(=O)OC)N(c2cc(C)ccc2C(=O)O)COC1. The van der Waals surface area contributed by atoms with Crippen molar-refractivity contribution in [3.8, 4) is 0 Å². The first-order valence-corrected chi connectivity index (χ1v) is 6.99. The van der Waals surface area contributed by atoms with Crippen LogP contribution in [0.15, 0.2) is 29.5 Å². The number of hydrogen-bond donors (Lipinski definition) is 1. The van der Waals surface area contributed by atoms with Gasteiger partial charge in [-0.15, -0.1) is 0 Å². The molecule has 1 aromatic rings. The number of carbonyl (C=O) groups is 3. The second-order valence-electron chi connectivity index (χ2n) is 5.04. The first kappa shape index (κ1) is 17.5. The molecule has 8 heteroatoms. The third-order valence-electron chi connectivity index (χ3n) is 3.51. The molecule has 24 heavy (non-hydrogen) atoms. The molecule has 1 N–H and O–H groups in total. The van der Waals surface area contributed by atoms with Gasteiger partial charge < -0.3 is 24.2 Å². The Balaban J connectivity index is 2.68. The summed E-state index contributed by atoms with van der Waals surface area (Å²) in [6, 6.07) is 4.66. The average molecular weight is 335 g/mol. The standard InChI is InChI=1S/C16H17NO7/c1-9-4-5-10(14(18)19)12(6-9)17-8-24-7-11(15(20)22-2)13(17)16(21)23-3/h4-6H,7-8H2,1-3H3,(H,18,19). The Hall–Kier alpha value is -2.87. The van der Waals surface area contributed by atoms with Crippen LogP contribution in [0.25, 0.3) is 0 Å². The van der Waals surface area contributed by atoms with Crippen LogP contribution < -0.4 is 4.90 Å². The summed E-state index contributed by atoms with van der Waals surface area (Å²) in [5, 5.41) is 9.40. The van der Waals surface area contributed by atoms with Crippen LogP contribution in [-0.4, -0.2) is 50.6 Å². The number of carboxylic acids is 1. The van der Waals surface area contributed by atoms with E-state index in [4.69, 9.17) is 9.47 Å². The van der Waals surface area contributed by atoms with E-state index in [2.05, 4.69) is 4.74 Å². The van der Waals surface area contributed by atoms with Gasteiger partial charge in [0.05, 0.1) is 37.7 Å². The highest BCUT2D eigenvalue weighted by atomic mass is 16.5. The molecule has 1 aliphatic rings. The second kappa shape index (κ2) is 7.14. The lowest BCUT2D eigenvalue weighted by molar-refractivity contribution is -0.140. The number of nitrogens with zero attached hydrogens (tertiary/aromatic N) is 1. The van der Waals surface area contributed by atoms with Crippen molar-refractivity contribution in [1.29, 1.82) is 0 Å². The van der Waals surface area contributed by atoms with Gasteiger partial charge >= 0.3 is 17.9 Å². The van der Waals surface area contributed by atoms with E-state index in [0.717, 1.165) is 5.56 Å². The molecular formula is C16H17NO7. The third-order valence-corrected chi connectivity index (χ3v) is 3.51. The molecule has 0 fully saturated rings. The van der Waals surface area contributed by atoms with Crippen molar-refractivity contribution in [2.75, 3.05) is 32.5 Å². The molecule has 1 aliphatic heterocycles. The second-order valence-corrected chi connectivity index (χ2v) is 5.04. The predicted octanol–water partition coefficient (Wildman–Crippen LogP) is 1.09. The van der Waals surface area contributed by atoms with Crippen LogP contribution in [0.4, 0.5) is 5.69 Å². The molecular weight excluding hydrogens is 318 g/mol. The van der Waals surface area contributed by atoms with E-state index < -0.39 is 17.9 Å². The van der Waals surface area contributed by atoms with Crippen LogP contribution >= 0.6 is 0 Å². The lowest BCUT2D eigenvalue weighted by atomic mass is 10.1. The van der Waals surface area contributed by atoms with Crippen LogP contribution in [0.2, 0.25) is 0 Å². The Morgan fingerprint density at radius 1 is 1.17 bits per heavy atom. The topological polar surface area (TPSA) is 102 Å². The maximum Gasteiger partial charge on any atom is 0.355 e. The highest BCUT2D eigenvalue weighted by Crippen LogP contribution is 2.30. The van der Waals surface area contributed by atoms with Crippen molar-refractivity contribution in [2.45, 2.75) is 6.92 Å². The van der Waals surface area contributed by atoms with Gasteiger partial charge in [0.1, 0.15) is 12.4 Å². The maximum absolute atomic E-state index is 12.2. The summed E-state index contributed by atoms with van der Waals surface area (Å²) in [6.07, 6.45) is 0. The number of ether oxygens (including phenoxy) is 3. The van der Waals surface area contributed by atoms with Crippen LogP contribution in [0, 0.1) is 6.92 Å². The van der Waals surface area contributed by atoms with Gasteiger partial charge in [-0.3, -0.25) is 0 Å². The van der Waals surface area contributed by atoms with Gasteiger partial charge in [-0.2, -0.15) is 0 Å². The summed E-state index contributed by atoms with van der Waals surface area (Å²) in [6.45, 7) is 1.54. The van der Waals surface area contributed by atoms with E-state index >= 15 is 0 Å². The van der Waals surface area contributed by atoms with Gasteiger partial charge in [0.25, 0.3) is 0 Å². The minimum Gasteiger partial charge on any atom is -0.478 e. The minimum absolute atomic E-state index is 0.0308. The number of anilines is 1. The smallest absolute Gasteiger partial charge is 0.355 e. The fourth-order valence-electron chi connectivity index (χ4n) is 2.38. The van der Waals surface area contributed by atoms with Gasteiger partial charge in [-0.1, -0.05) is 6.07 Å². The molecule has 0 atom stereocenters. The number of aryl methyl sites for hydroxylation is 1. The molecule has 2 rings (SSSR count). The van der Waals surface area contributed by atoms with Gasteiger partial charge in [0, 0.05) is 0 Å². The van der Waals surface area contributed by atoms with Crippen LogP contribution in [0.3, 0.4) is 0 Å². The lowest BCUT2D eigenvalue weighted by Gasteiger charge is -2.32. The Kier molecular flexibility index (Phi) is 5.20. The number of hydrogen-bond acceptors (Lipinski definition) is 7. The van der Waals surface area contributed by atoms with Gasteiger partial charge in [0.15, 0.2) is 0 Å². The summed E-state index contributed by atoms with van der Waals surface area (Å²) >= 11 is 0. The molecule has 0 unspecified atom stereocenters. The summed E-state index contributed by atoms with van der Waals surface area (Å²) < 4.78 is 14.8. The number of carboxylic acid groups (broad SMARTS) is 1. The summed E-state index contributed by atoms with van der Waals surface area (Å²) in [5.41, 5.74) is 0.849. The van der Waals surface area contributed by atoms with E-state index in [-0.39, 0.29) is 35.9 Å². The Morgan fingerprint density at radius 2 is 1.83 bits per heavy atom. The number of methoxy groups -OCH3 is 2. The number of rotatable bonds is 4. The maximum atomic E-state index is 12.2. The summed E-state index contributed by atoms with van der Waals surface area (Å²) in [4.78, 5) is 37.0. The molecule has 1 aromatic carbocycles. The Morgan fingerprint density at radius 3 is 2.42 bits per heavy atom. The first-order valence-electron chi connectivity index (χ1n) is 6.99. The molecule has 0 aliphatic carbocycles. The molecule has 0 amide bonds. The van der Waals surface area contributed by atoms with Crippen molar-refractivity contribution in [3.63, 3.8) is 0 Å². The first-order chi connectivity index (χ1) is 11.4. The third kappa shape index (κ3) is 3.23. The molecule has 0 saturated heterocycles. The monoisotopic (exact) mass is 335 g/mol. The summed E-state index contributed by atoms with van der Waals surface area (Å²) in [7, 11) is 2.35. The zero-order valence-corrected chi connectivity index (χ0v) is 13.5. The van der Waals surface area contributed by atoms with E-state index in [1.165, 1.54) is 25.2 Å². The number of benzene rings is 1. The molecule has 128 valence electrons. The van der Waals surface area contributed by atoms with Crippen molar-refractivity contribution >= 4 is 23.6 Å². The largest absolute Gasteiger partial charge is 0.478 e. The van der Waals surface area contributed by atoms with E-state index in [9.17, 15) is 19.5 Å². The van der Waals surface area contributed by atoms with Crippen molar-refractivity contribution in [1.82, 2.24) is 0 Å². The van der Waals surface area contributed by atoms with Gasteiger partial charge in [-0.05, 0) is 24.6 Å². The quantitative estimate of drug-likeness (QED) is 0.816. The molecule has 0 aromatic heterocycles. The summed E-state index contributed by atoms with van der Waals surface area (Å²) in [5.74, 6) is -2.69. The number of aromatic carboxylic acids is 1. The number of esters is 2. The molecule has 0 saturated carbocycles. The molecule has 8 nitrogen and oxygen atoms in total. The van der Waals surface area contributed by atoms with Crippen molar-refractivity contribution in [2.24, 2.45) is 0 Å². The highest BCUT2D eigenvalue weighted by Gasteiger charge is 2.34. The molecule has 0 bridgehead atoms. The molecule has 0 spiro atoms. The lowest BCUT2D eigenvalue weighted by Crippen LogP contribution is -2.39. The van der Waals surface area contributed by atoms with Gasteiger partial charge in [-0.25, -0.2) is 14.4 Å². The van der Waals surface area contributed by atoms with E-state index in [1.54, 1.807) is 19.1 Å². The van der Waals surface area contributed by atoms with Gasteiger partial charge in [0.2, 0.25) is 0 Å². The van der Waals surface area contributed by atoms with E-state index in [0.29, 0.717) is 0 Å². The predicted molar refractivity (Wildman–Crippen MR) is 82.5 cm³/mol. The van der Waals surface area contributed by atoms with E-state index in [1.807, 2.05) is 0 Å². The fourth-order valence-corrected chi connectivity index (χ4v) is 2.38.